The van der Waals surface area contributed by atoms with E-state index in [1.54, 1.807) is 0 Å². The molecule has 0 bridgehead atoms. The molecule has 128 valence electrons. The maximum atomic E-state index is 11.4. The van der Waals surface area contributed by atoms with Crippen LogP contribution in [0.5, 0.6) is 5.75 Å². The van der Waals surface area contributed by atoms with Crippen molar-refractivity contribution in [3.8, 4) is 5.75 Å². The van der Waals surface area contributed by atoms with Gasteiger partial charge in [0.15, 0.2) is 0 Å². The first kappa shape index (κ1) is 19.3. The third-order valence-corrected chi connectivity index (χ3v) is 3.68. The number of amides is 1. The predicted molar refractivity (Wildman–Crippen MR) is 91.2 cm³/mol. The van der Waals surface area contributed by atoms with Gasteiger partial charge in [0.25, 0.3) is 0 Å². The lowest BCUT2D eigenvalue weighted by atomic mass is 10.0. The summed E-state index contributed by atoms with van der Waals surface area (Å²) in [5, 5.41) is 2.87. The van der Waals surface area contributed by atoms with Gasteiger partial charge in [0.05, 0.1) is 13.2 Å². The molecule has 0 radical (unpaired) electrons. The molecule has 1 unspecified atom stereocenters. The van der Waals surface area contributed by atoms with E-state index in [-0.39, 0.29) is 24.3 Å². The van der Waals surface area contributed by atoms with Crippen LogP contribution < -0.4 is 10.1 Å². The van der Waals surface area contributed by atoms with Gasteiger partial charge in [0, 0.05) is 24.6 Å². The zero-order valence-electron chi connectivity index (χ0n) is 13.6. The highest BCUT2D eigenvalue weighted by molar-refractivity contribution is 5.94. The summed E-state index contributed by atoms with van der Waals surface area (Å²) in [6, 6.07) is 5.74. The number of carbonyl (C=O) groups is 2. The quantitative estimate of drug-likeness (QED) is 0.610. The molecule has 5 nitrogen and oxygen atoms in total. The van der Waals surface area contributed by atoms with Crippen LogP contribution >= 0.6 is 12.4 Å². The summed E-state index contributed by atoms with van der Waals surface area (Å²) in [5.41, 5.74) is 1.94. The molecule has 1 aromatic rings. The molecule has 23 heavy (non-hydrogen) atoms. The monoisotopic (exact) mass is 341 g/mol. The number of hydrogen-bond donors (Lipinski definition) is 1. The van der Waals surface area contributed by atoms with Gasteiger partial charge in [0.1, 0.15) is 5.75 Å². The number of halogens is 1. The van der Waals surface area contributed by atoms with Crippen molar-refractivity contribution in [2.75, 3.05) is 18.5 Å². The second-order valence-electron chi connectivity index (χ2n) is 5.73. The first-order valence-electron chi connectivity index (χ1n) is 7.74. The molecule has 1 aliphatic rings. The maximum Gasteiger partial charge on any atom is 0.302 e. The predicted octanol–water partition coefficient (Wildman–Crippen LogP) is 3.35. The fourth-order valence-electron chi connectivity index (χ4n) is 2.48. The number of benzene rings is 1. The number of rotatable bonds is 7. The third-order valence-electron chi connectivity index (χ3n) is 3.68. The lowest BCUT2D eigenvalue weighted by molar-refractivity contribution is -0.142. The average Bonchev–Trinajstić information content (AvgIpc) is 2.49. The molecule has 0 aliphatic carbocycles. The fourth-order valence-corrected chi connectivity index (χ4v) is 2.48. The number of ether oxygens (including phenoxy) is 2. The lowest BCUT2D eigenvalue weighted by Crippen LogP contribution is -2.19. The largest absolute Gasteiger partial charge is 0.493 e. The Morgan fingerprint density at radius 1 is 1.35 bits per heavy atom. The molecule has 1 amide bonds. The van der Waals surface area contributed by atoms with Crippen LogP contribution in [0, 0.1) is 5.92 Å². The minimum atomic E-state index is -0.235. The van der Waals surface area contributed by atoms with E-state index in [0.717, 1.165) is 36.3 Å². The first-order valence-corrected chi connectivity index (χ1v) is 7.74. The standard InChI is InChI=1S/C17H23NO4.ClH/c1-12(11-22-13(2)19)5-4-10-21-16-7-3-6-15-14(16)8-9-17(20)18-15;/h3,6-7,12H,4-5,8-11H2,1-2H3,(H,18,20);1H. The average molecular weight is 342 g/mol. The third kappa shape index (κ3) is 6.10. The molecular weight excluding hydrogens is 318 g/mol. The summed E-state index contributed by atoms with van der Waals surface area (Å²) >= 11 is 0. The van der Waals surface area contributed by atoms with Crippen molar-refractivity contribution >= 4 is 30.0 Å². The zero-order valence-corrected chi connectivity index (χ0v) is 14.4. The summed E-state index contributed by atoms with van der Waals surface area (Å²) in [5.74, 6) is 1.01. The molecule has 0 spiro atoms. The van der Waals surface area contributed by atoms with Crippen molar-refractivity contribution in [2.45, 2.75) is 39.5 Å². The summed E-state index contributed by atoms with van der Waals surface area (Å²) in [7, 11) is 0. The van der Waals surface area contributed by atoms with Crippen LogP contribution in [0.4, 0.5) is 5.69 Å². The van der Waals surface area contributed by atoms with Gasteiger partial charge in [-0.05, 0) is 37.3 Å². The van der Waals surface area contributed by atoms with Crippen LogP contribution in [0.3, 0.4) is 0 Å². The van der Waals surface area contributed by atoms with Crippen LogP contribution in [0.15, 0.2) is 18.2 Å². The Labute approximate surface area is 143 Å². The second kappa shape index (κ2) is 9.40. The summed E-state index contributed by atoms with van der Waals surface area (Å²) in [4.78, 5) is 22.1. The van der Waals surface area contributed by atoms with Gasteiger partial charge in [0.2, 0.25) is 5.91 Å². The van der Waals surface area contributed by atoms with Gasteiger partial charge in [-0.15, -0.1) is 12.4 Å². The van der Waals surface area contributed by atoms with Crippen LogP contribution in [0.25, 0.3) is 0 Å². The lowest BCUT2D eigenvalue weighted by Gasteiger charge is -2.20. The van der Waals surface area contributed by atoms with E-state index in [0.29, 0.717) is 25.6 Å². The highest BCUT2D eigenvalue weighted by atomic mass is 35.5. The van der Waals surface area contributed by atoms with Gasteiger partial charge in [-0.25, -0.2) is 0 Å². The van der Waals surface area contributed by atoms with Gasteiger partial charge < -0.3 is 14.8 Å². The Hall–Kier alpha value is -1.75. The minimum Gasteiger partial charge on any atom is -0.493 e. The van der Waals surface area contributed by atoms with E-state index in [2.05, 4.69) is 12.2 Å². The van der Waals surface area contributed by atoms with E-state index in [4.69, 9.17) is 9.47 Å². The fraction of sp³-hybridized carbons (Fsp3) is 0.529. The van der Waals surface area contributed by atoms with Crippen molar-refractivity contribution in [1.82, 2.24) is 0 Å². The van der Waals surface area contributed by atoms with E-state index in [1.165, 1.54) is 6.92 Å². The molecule has 1 aromatic carbocycles. The molecule has 6 heteroatoms. The van der Waals surface area contributed by atoms with Gasteiger partial charge in [-0.1, -0.05) is 13.0 Å². The van der Waals surface area contributed by atoms with Crippen LogP contribution in [-0.4, -0.2) is 25.1 Å². The zero-order chi connectivity index (χ0) is 15.9. The van der Waals surface area contributed by atoms with E-state index in [1.807, 2.05) is 18.2 Å². The van der Waals surface area contributed by atoms with Crippen molar-refractivity contribution < 1.29 is 19.1 Å². The smallest absolute Gasteiger partial charge is 0.302 e. The van der Waals surface area contributed by atoms with Crippen LogP contribution in [-0.2, 0) is 20.7 Å². The number of nitrogens with one attached hydrogen (secondary N) is 1. The molecule has 1 atom stereocenters. The molecule has 1 N–H and O–H groups in total. The first-order chi connectivity index (χ1) is 10.6. The van der Waals surface area contributed by atoms with Gasteiger partial charge in [-0.2, -0.15) is 0 Å². The maximum absolute atomic E-state index is 11.4. The van der Waals surface area contributed by atoms with E-state index in [9.17, 15) is 9.59 Å². The number of hydrogen-bond acceptors (Lipinski definition) is 4. The second-order valence-corrected chi connectivity index (χ2v) is 5.73. The Morgan fingerprint density at radius 3 is 2.87 bits per heavy atom. The topological polar surface area (TPSA) is 64.6 Å². The molecule has 1 aliphatic heterocycles. The number of anilines is 1. The minimum absolute atomic E-state index is 0. The molecule has 0 saturated carbocycles. The SMILES string of the molecule is CC(=O)OCC(C)CCCOc1cccc2c1CCC(=O)N2.Cl. The Kier molecular flexibility index (Phi) is 7.89. The Bertz CT molecular complexity index is 547. The van der Waals surface area contributed by atoms with Crippen molar-refractivity contribution in [2.24, 2.45) is 5.92 Å². The van der Waals surface area contributed by atoms with E-state index >= 15 is 0 Å². The summed E-state index contributed by atoms with van der Waals surface area (Å²) < 4.78 is 10.8. The summed E-state index contributed by atoms with van der Waals surface area (Å²) in [6.45, 7) is 4.56. The molecule has 0 aromatic heterocycles. The molecular formula is C17H24ClNO4. The van der Waals surface area contributed by atoms with E-state index < -0.39 is 0 Å². The molecule has 0 fully saturated rings. The van der Waals surface area contributed by atoms with Crippen molar-refractivity contribution in [3.05, 3.63) is 23.8 Å². The van der Waals surface area contributed by atoms with Crippen LogP contribution in [0.2, 0.25) is 0 Å². The highest BCUT2D eigenvalue weighted by Crippen LogP contribution is 2.31. The van der Waals surface area contributed by atoms with Crippen molar-refractivity contribution in [1.29, 1.82) is 0 Å². The number of carbonyl (C=O) groups excluding carboxylic acids is 2. The number of esters is 1. The molecule has 0 saturated heterocycles. The normalized spacial score (nSPS) is 14.1. The van der Waals surface area contributed by atoms with Crippen LogP contribution in [0.1, 0.15) is 38.7 Å². The summed E-state index contributed by atoms with van der Waals surface area (Å²) in [6.07, 6.45) is 3.07. The molecule has 1 heterocycles. The number of fused-ring (bicyclic) bond motifs is 1. The Morgan fingerprint density at radius 2 is 2.13 bits per heavy atom. The van der Waals surface area contributed by atoms with Crippen molar-refractivity contribution in [3.63, 3.8) is 0 Å². The molecule has 2 rings (SSSR count). The Balaban J connectivity index is 0.00000264. The highest BCUT2D eigenvalue weighted by Gasteiger charge is 2.18. The van der Waals surface area contributed by atoms with Gasteiger partial charge >= 0.3 is 5.97 Å². The van der Waals surface area contributed by atoms with Gasteiger partial charge in [-0.3, -0.25) is 9.59 Å².